The third-order valence-corrected chi connectivity index (χ3v) is 7.85. The van der Waals surface area contributed by atoms with Crippen LogP contribution >= 0.6 is 11.3 Å². The number of allylic oxidation sites excluding steroid dienone is 1. The number of carbonyl (C=O) groups excluding carboxylic acids is 1. The summed E-state index contributed by atoms with van der Waals surface area (Å²) in [5.74, 6) is 0.865. The second-order valence-corrected chi connectivity index (χ2v) is 11.1. The van der Waals surface area contributed by atoms with E-state index in [2.05, 4.69) is 0 Å². The van der Waals surface area contributed by atoms with E-state index < -0.39 is 12.0 Å². The van der Waals surface area contributed by atoms with Gasteiger partial charge in [-0.1, -0.05) is 67.1 Å². The van der Waals surface area contributed by atoms with Crippen LogP contribution in [0.25, 0.3) is 16.8 Å². The molecule has 212 valence electrons. The van der Waals surface area contributed by atoms with Gasteiger partial charge in [0, 0.05) is 5.56 Å². The largest absolute Gasteiger partial charge is 0.497 e. The molecule has 0 radical (unpaired) electrons. The maximum atomic E-state index is 14.3. The van der Waals surface area contributed by atoms with Crippen LogP contribution in [0.4, 0.5) is 0 Å². The van der Waals surface area contributed by atoms with Crippen molar-refractivity contribution in [3.63, 3.8) is 0 Å². The van der Waals surface area contributed by atoms with E-state index in [9.17, 15) is 9.59 Å². The fraction of sp³-hybridized carbons (Fsp3) is 0.303. The van der Waals surface area contributed by atoms with Gasteiger partial charge in [0.05, 0.1) is 41.7 Å². The monoisotopic (exact) mass is 570 g/mol. The average molecular weight is 571 g/mol. The highest BCUT2D eigenvalue weighted by Crippen LogP contribution is 2.34. The lowest BCUT2D eigenvalue weighted by molar-refractivity contribution is -0.139. The van der Waals surface area contributed by atoms with Gasteiger partial charge in [0.2, 0.25) is 0 Å². The average Bonchev–Trinajstić information content (AvgIpc) is 3.27. The van der Waals surface area contributed by atoms with E-state index in [0.717, 1.165) is 28.3 Å². The summed E-state index contributed by atoms with van der Waals surface area (Å²) in [6.45, 7) is 7.99. The quantitative estimate of drug-likeness (QED) is 0.247. The van der Waals surface area contributed by atoms with Crippen LogP contribution < -0.4 is 24.4 Å². The second kappa shape index (κ2) is 12.1. The summed E-state index contributed by atoms with van der Waals surface area (Å²) in [4.78, 5) is 33.1. The Morgan fingerprint density at radius 1 is 1.10 bits per heavy atom. The molecule has 41 heavy (non-hydrogen) atoms. The molecule has 0 bridgehead atoms. The fourth-order valence-electron chi connectivity index (χ4n) is 5.16. The summed E-state index contributed by atoms with van der Waals surface area (Å²) >= 11 is 1.31. The van der Waals surface area contributed by atoms with Crippen molar-refractivity contribution in [2.75, 3.05) is 13.7 Å². The molecule has 2 heterocycles. The summed E-state index contributed by atoms with van der Waals surface area (Å²) in [6.07, 6.45) is 3.21. The highest BCUT2D eigenvalue weighted by Gasteiger charge is 2.34. The van der Waals surface area contributed by atoms with Gasteiger partial charge in [-0.2, -0.15) is 0 Å². The molecule has 1 atom stereocenters. The lowest BCUT2D eigenvalue weighted by atomic mass is 9.94. The van der Waals surface area contributed by atoms with Gasteiger partial charge in [-0.15, -0.1) is 0 Å². The number of aromatic nitrogens is 1. The molecule has 0 saturated heterocycles. The second-order valence-electron chi connectivity index (χ2n) is 10.1. The van der Waals surface area contributed by atoms with Gasteiger partial charge in [0.15, 0.2) is 4.80 Å². The highest BCUT2D eigenvalue weighted by molar-refractivity contribution is 7.07. The number of fused-ring (bicyclic) bond motifs is 2. The molecule has 0 spiro atoms. The fourth-order valence-corrected chi connectivity index (χ4v) is 6.16. The Morgan fingerprint density at radius 3 is 2.63 bits per heavy atom. The van der Waals surface area contributed by atoms with E-state index in [1.165, 1.54) is 11.3 Å². The van der Waals surface area contributed by atoms with Gasteiger partial charge in [-0.05, 0) is 67.8 Å². The number of hydrogen-bond acceptors (Lipinski definition) is 7. The van der Waals surface area contributed by atoms with Gasteiger partial charge in [-0.25, -0.2) is 9.79 Å². The maximum Gasteiger partial charge on any atom is 0.338 e. The molecule has 0 amide bonds. The molecule has 0 aliphatic carbocycles. The third-order valence-electron chi connectivity index (χ3n) is 6.87. The molecule has 0 N–H and O–H groups in total. The Balaban J connectivity index is 1.81. The highest BCUT2D eigenvalue weighted by atomic mass is 32.1. The number of ether oxygens (including phenoxy) is 3. The van der Waals surface area contributed by atoms with E-state index in [1.54, 1.807) is 18.6 Å². The van der Waals surface area contributed by atoms with Crippen molar-refractivity contribution in [2.24, 2.45) is 4.99 Å². The van der Waals surface area contributed by atoms with Crippen LogP contribution in [0.5, 0.6) is 11.5 Å². The maximum absolute atomic E-state index is 14.3. The Hall–Kier alpha value is -4.17. The van der Waals surface area contributed by atoms with Gasteiger partial charge in [-0.3, -0.25) is 9.36 Å². The first-order chi connectivity index (χ1) is 19.9. The number of benzene rings is 3. The topological polar surface area (TPSA) is 79.1 Å². The number of methoxy groups -OCH3 is 1. The zero-order chi connectivity index (χ0) is 29.1. The number of esters is 1. The molecule has 1 aromatic heterocycles. The third kappa shape index (κ3) is 5.57. The Morgan fingerprint density at radius 2 is 1.90 bits per heavy atom. The first kappa shape index (κ1) is 28.4. The normalized spacial score (nSPS) is 15.2. The molecular weight excluding hydrogens is 536 g/mol. The van der Waals surface area contributed by atoms with Crippen LogP contribution in [0.3, 0.4) is 0 Å². The first-order valence-corrected chi connectivity index (χ1v) is 14.7. The predicted octanol–water partition coefficient (Wildman–Crippen LogP) is 5.53. The molecule has 7 nitrogen and oxygen atoms in total. The van der Waals surface area contributed by atoms with Crippen molar-refractivity contribution in [2.45, 2.75) is 52.7 Å². The molecule has 3 aromatic carbocycles. The standard InChI is InChI=1S/C33H34N2O5S/c1-6-11-26-29(32(37)39-7-2)30(22-13-10-14-23(18-22)38-5)35-31(36)28(41-33(35)34-26)19-25-24-15-9-8-12-21(24)16-17-27(25)40-20(3)4/h8-10,12-20,30H,6-7,11H2,1-5H3/b28-19-/t30-/m0/s1. The minimum absolute atomic E-state index is 0.0404. The number of carbonyl (C=O) groups is 1. The van der Waals surface area contributed by atoms with Crippen LogP contribution in [0.1, 0.15) is 57.7 Å². The summed E-state index contributed by atoms with van der Waals surface area (Å²) in [5.41, 5.74) is 2.37. The van der Waals surface area contributed by atoms with Gasteiger partial charge >= 0.3 is 5.97 Å². The molecule has 4 aromatic rings. The molecule has 1 aliphatic heterocycles. The van der Waals surface area contributed by atoms with E-state index >= 15 is 0 Å². The zero-order valence-electron chi connectivity index (χ0n) is 24.0. The minimum Gasteiger partial charge on any atom is -0.497 e. The van der Waals surface area contributed by atoms with Gasteiger partial charge < -0.3 is 14.2 Å². The van der Waals surface area contributed by atoms with Crippen molar-refractivity contribution >= 4 is 34.2 Å². The number of thiazole rings is 1. The molecule has 1 aliphatic rings. The Kier molecular flexibility index (Phi) is 8.40. The Labute approximate surface area is 243 Å². The van der Waals surface area contributed by atoms with Crippen LogP contribution in [0, 0.1) is 0 Å². The van der Waals surface area contributed by atoms with E-state index in [0.29, 0.717) is 38.5 Å². The molecule has 0 unspecified atom stereocenters. The molecule has 0 saturated carbocycles. The van der Waals surface area contributed by atoms with Crippen LogP contribution in [0.2, 0.25) is 0 Å². The summed E-state index contributed by atoms with van der Waals surface area (Å²) in [6, 6.07) is 18.8. The first-order valence-electron chi connectivity index (χ1n) is 13.9. The number of hydrogen-bond donors (Lipinski definition) is 0. The number of rotatable bonds is 9. The van der Waals surface area contributed by atoms with Crippen molar-refractivity contribution in [3.05, 3.63) is 103 Å². The van der Waals surface area contributed by atoms with Gasteiger partial charge in [0.1, 0.15) is 11.5 Å². The predicted molar refractivity (Wildman–Crippen MR) is 162 cm³/mol. The van der Waals surface area contributed by atoms with E-state index in [-0.39, 0.29) is 18.3 Å². The molecule has 8 heteroatoms. The van der Waals surface area contributed by atoms with Crippen LogP contribution in [-0.4, -0.2) is 30.4 Å². The van der Waals surface area contributed by atoms with Crippen molar-refractivity contribution in [3.8, 4) is 11.5 Å². The zero-order valence-corrected chi connectivity index (χ0v) is 24.8. The summed E-state index contributed by atoms with van der Waals surface area (Å²) in [7, 11) is 1.59. The van der Waals surface area contributed by atoms with Crippen molar-refractivity contribution < 1.29 is 19.0 Å². The summed E-state index contributed by atoms with van der Waals surface area (Å²) in [5, 5.41) is 2.03. The molecule has 5 rings (SSSR count). The summed E-state index contributed by atoms with van der Waals surface area (Å²) < 4.78 is 19.3. The lowest BCUT2D eigenvalue weighted by Gasteiger charge is -2.26. The minimum atomic E-state index is -0.706. The SMILES string of the molecule is CCCC1=C(C(=O)OCC)[C@H](c2cccc(OC)c2)n2c(s/c(=C\c3c(OC(C)C)ccc4ccccc34)c2=O)=N1. The number of nitrogens with zero attached hydrogens (tertiary/aromatic N) is 2. The smallest absolute Gasteiger partial charge is 0.338 e. The van der Waals surface area contributed by atoms with E-state index in [1.807, 2.05) is 87.5 Å². The molecular formula is C33H34N2O5S. The molecule has 0 fully saturated rings. The van der Waals surface area contributed by atoms with E-state index in [4.69, 9.17) is 19.2 Å². The lowest BCUT2D eigenvalue weighted by Crippen LogP contribution is -2.40. The van der Waals surface area contributed by atoms with Crippen LogP contribution in [-0.2, 0) is 9.53 Å². The van der Waals surface area contributed by atoms with Crippen molar-refractivity contribution in [1.82, 2.24) is 4.57 Å². The van der Waals surface area contributed by atoms with Crippen molar-refractivity contribution in [1.29, 1.82) is 0 Å². The van der Waals surface area contributed by atoms with Gasteiger partial charge in [0.25, 0.3) is 5.56 Å². The Bertz CT molecular complexity index is 1820. The van der Waals surface area contributed by atoms with Crippen LogP contribution in [0.15, 0.2) is 81.7 Å².